The van der Waals surface area contributed by atoms with E-state index in [2.05, 4.69) is 27.6 Å². The molecule has 0 unspecified atom stereocenters. The quantitative estimate of drug-likeness (QED) is 0.343. The lowest BCUT2D eigenvalue weighted by atomic mass is 10.0. The molecule has 4 nitrogen and oxygen atoms in total. The second kappa shape index (κ2) is 8.93. The zero-order valence-electron chi connectivity index (χ0n) is 16.2. The van der Waals surface area contributed by atoms with Gasteiger partial charge in [-0.2, -0.15) is 10.1 Å². The predicted octanol–water partition coefficient (Wildman–Crippen LogP) is 5.85. The second-order valence-corrected chi connectivity index (χ2v) is 7.47. The molecule has 0 saturated carbocycles. The van der Waals surface area contributed by atoms with E-state index in [1.165, 1.54) is 5.01 Å². The summed E-state index contributed by atoms with van der Waals surface area (Å²) in [5.74, 6) is 0.556. The van der Waals surface area contributed by atoms with Crippen molar-refractivity contribution in [2.45, 2.75) is 0 Å². The molecule has 0 atom stereocenters. The molecule has 0 radical (unpaired) electrons. The zero-order valence-corrected chi connectivity index (χ0v) is 17.7. The average molecular weight is 459 g/mol. The van der Waals surface area contributed by atoms with Gasteiger partial charge >= 0.3 is 0 Å². The van der Waals surface area contributed by atoms with Gasteiger partial charge < -0.3 is 4.74 Å². The number of rotatable bonds is 6. The van der Waals surface area contributed by atoms with Crippen molar-refractivity contribution >= 4 is 39.3 Å². The number of nitrogens with zero attached hydrogens (tertiary/aromatic N) is 2. The standard InChI is InChI=1S/C25H19BrN2O2/c1-2-15-30-23-14-13-18(17-22(23)26)16-21-24(19-9-5-3-6-10-19)27-28(25(21)29)20-11-7-4-8-12-20/h2-14,16-17H,1,15H2/b21-16-. The number of para-hydroxylation sites is 1. The minimum atomic E-state index is -0.164. The van der Waals surface area contributed by atoms with E-state index in [4.69, 9.17) is 4.74 Å². The SMILES string of the molecule is C=CCOc1ccc(/C=C2\C(=O)N(c3ccccc3)N=C2c2ccccc2)cc1Br. The van der Waals surface area contributed by atoms with Crippen LogP contribution in [0.1, 0.15) is 11.1 Å². The first kappa shape index (κ1) is 19.9. The van der Waals surface area contributed by atoms with Crippen molar-refractivity contribution in [2.24, 2.45) is 5.10 Å². The highest BCUT2D eigenvalue weighted by molar-refractivity contribution is 9.10. The number of amides is 1. The number of halogens is 1. The highest BCUT2D eigenvalue weighted by Crippen LogP contribution is 2.30. The highest BCUT2D eigenvalue weighted by Gasteiger charge is 2.31. The van der Waals surface area contributed by atoms with Crippen molar-refractivity contribution in [3.05, 3.63) is 113 Å². The molecule has 0 N–H and O–H groups in total. The molecule has 1 heterocycles. The van der Waals surface area contributed by atoms with Gasteiger partial charge in [-0.15, -0.1) is 0 Å². The molecule has 1 aliphatic rings. The molecule has 0 fully saturated rings. The van der Waals surface area contributed by atoms with Crippen LogP contribution in [0.15, 0.2) is 107 Å². The van der Waals surface area contributed by atoms with Gasteiger partial charge in [0.1, 0.15) is 18.1 Å². The minimum Gasteiger partial charge on any atom is -0.488 e. The molecular formula is C25H19BrN2O2. The third-order valence-corrected chi connectivity index (χ3v) is 5.17. The Hall–Kier alpha value is -3.44. The Labute approximate surface area is 183 Å². The van der Waals surface area contributed by atoms with Crippen molar-refractivity contribution in [3.8, 4) is 5.75 Å². The molecule has 0 aromatic heterocycles. The zero-order chi connectivity index (χ0) is 20.9. The first-order valence-electron chi connectivity index (χ1n) is 9.46. The van der Waals surface area contributed by atoms with E-state index in [1.54, 1.807) is 6.08 Å². The minimum absolute atomic E-state index is 0.164. The smallest absolute Gasteiger partial charge is 0.281 e. The van der Waals surface area contributed by atoms with E-state index in [1.807, 2.05) is 84.9 Å². The van der Waals surface area contributed by atoms with Crippen molar-refractivity contribution in [1.82, 2.24) is 0 Å². The number of ether oxygens (including phenoxy) is 1. The molecule has 5 heteroatoms. The molecule has 3 aromatic carbocycles. The number of hydrazone groups is 1. The number of hydrogen-bond donors (Lipinski definition) is 0. The summed E-state index contributed by atoms with van der Waals surface area (Å²) in [6.07, 6.45) is 3.55. The number of carbonyl (C=O) groups excluding carboxylic acids is 1. The van der Waals surface area contributed by atoms with Gasteiger partial charge in [-0.05, 0) is 51.8 Å². The van der Waals surface area contributed by atoms with Crippen LogP contribution in [0, 0.1) is 0 Å². The van der Waals surface area contributed by atoms with Crippen LogP contribution in [-0.2, 0) is 4.79 Å². The van der Waals surface area contributed by atoms with Crippen LogP contribution < -0.4 is 9.75 Å². The normalized spacial score (nSPS) is 14.7. The first-order chi connectivity index (χ1) is 14.7. The maximum atomic E-state index is 13.3. The van der Waals surface area contributed by atoms with E-state index in [0.29, 0.717) is 17.9 Å². The first-order valence-corrected chi connectivity index (χ1v) is 10.3. The topological polar surface area (TPSA) is 41.9 Å². The monoisotopic (exact) mass is 458 g/mol. The van der Waals surface area contributed by atoms with Crippen LogP contribution in [0.2, 0.25) is 0 Å². The fourth-order valence-corrected chi connectivity index (χ4v) is 3.65. The van der Waals surface area contributed by atoms with Crippen molar-refractivity contribution < 1.29 is 9.53 Å². The molecule has 0 bridgehead atoms. The summed E-state index contributed by atoms with van der Waals surface area (Å²) in [6, 6.07) is 24.9. The van der Waals surface area contributed by atoms with Gasteiger partial charge in [0, 0.05) is 5.56 Å². The highest BCUT2D eigenvalue weighted by atomic mass is 79.9. The van der Waals surface area contributed by atoms with Crippen LogP contribution in [0.3, 0.4) is 0 Å². The Bertz CT molecular complexity index is 1140. The Morgan fingerprint density at radius 1 is 1.00 bits per heavy atom. The summed E-state index contributed by atoms with van der Waals surface area (Å²) in [5.41, 5.74) is 3.67. The molecule has 148 valence electrons. The summed E-state index contributed by atoms with van der Waals surface area (Å²) in [6.45, 7) is 4.09. The maximum absolute atomic E-state index is 13.3. The molecule has 0 saturated heterocycles. The lowest BCUT2D eigenvalue weighted by Gasteiger charge is -2.11. The fourth-order valence-electron chi connectivity index (χ4n) is 3.14. The third-order valence-electron chi connectivity index (χ3n) is 4.55. The van der Waals surface area contributed by atoms with Crippen molar-refractivity contribution in [1.29, 1.82) is 0 Å². The summed E-state index contributed by atoms with van der Waals surface area (Å²) in [7, 11) is 0. The summed E-state index contributed by atoms with van der Waals surface area (Å²) >= 11 is 3.54. The molecule has 4 rings (SSSR count). The maximum Gasteiger partial charge on any atom is 0.281 e. The Morgan fingerprint density at radius 2 is 1.70 bits per heavy atom. The molecule has 1 aliphatic heterocycles. The van der Waals surface area contributed by atoms with Gasteiger partial charge in [-0.1, -0.05) is 67.3 Å². The van der Waals surface area contributed by atoms with E-state index in [9.17, 15) is 4.79 Å². The Balaban J connectivity index is 1.75. The molecular weight excluding hydrogens is 440 g/mol. The second-order valence-electron chi connectivity index (χ2n) is 6.61. The lowest BCUT2D eigenvalue weighted by Crippen LogP contribution is -2.21. The summed E-state index contributed by atoms with van der Waals surface area (Å²) < 4.78 is 6.42. The molecule has 30 heavy (non-hydrogen) atoms. The van der Waals surface area contributed by atoms with Gasteiger partial charge in [-0.25, -0.2) is 0 Å². The van der Waals surface area contributed by atoms with Gasteiger partial charge in [0.05, 0.1) is 15.7 Å². The van der Waals surface area contributed by atoms with E-state index >= 15 is 0 Å². The lowest BCUT2D eigenvalue weighted by molar-refractivity contribution is -0.114. The molecule has 0 aliphatic carbocycles. The Kier molecular flexibility index (Phi) is 5.91. The largest absolute Gasteiger partial charge is 0.488 e. The van der Waals surface area contributed by atoms with Crippen molar-refractivity contribution in [2.75, 3.05) is 11.6 Å². The van der Waals surface area contributed by atoms with Crippen LogP contribution in [-0.4, -0.2) is 18.2 Å². The third kappa shape index (κ3) is 4.11. The average Bonchev–Trinajstić information content (AvgIpc) is 3.10. The molecule has 0 spiro atoms. The summed E-state index contributed by atoms with van der Waals surface area (Å²) in [5, 5.41) is 6.10. The van der Waals surface area contributed by atoms with Crippen LogP contribution in [0.25, 0.3) is 6.08 Å². The van der Waals surface area contributed by atoms with Crippen LogP contribution in [0.4, 0.5) is 5.69 Å². The number of benzene rings is 3. The van der Waals surface area contributed by atoms with Crippen LogP contribution in [0.5, 0.6) is 5.75 Å². The number of hydrogen-bond acceptors (Lipinski definition) is 3. The number of anilines is 1. The number of carbonyl (C=O) groups is 1. The van der Waals surface area contributed by atoms with E-state index in [0.717, 1.165) is 27.0 Å². The predicted molar refractivity (Wildman–Crippen MR) is 125 cm³/mol. The van der Waals surface area contributed by atoms with E-state index in [-0.39, 0.29) is 5.91 Å². The van der Waals surface area contributed by atoms with Crippen LogP contribution >= 0.6 is 15.9 Å². The van der Waals surface area contributed by atoms with Gasteiger partial charge in [0.25, 0.3) is 5.91 Å². The molecule has 1 amide bonds. The molecule has 3 aromatic rings. The fraction of sp³-hybridized carbons (Fsp3) is 0.0400. The van der Waals surface area contributed by atoms with Gasteiger partial charge in [-0.3, -0.25) is 4.79 Å². The van der Waals surface area contributed by atoms with Crippen molar-refractivity contribution in [3.63, 3.8) is 0 Å². The van der Waals surface area contributed by atoms with Gasteiger partial charge in [0.2, 0.25) is 0 Å². The van der Waals surface area contributed by atoms with Gasteiger partial charge in [0.15, 0.2) is 0 Å². The van der Waals surface area contributed by atoms with E-state index < -0.39 is 0 Å². The Morgan fingerprint density at radius 3 is 2.37 bits per heavy atom. The summed E-state index contributed by atoms with van der Waals surface area (Å²) in [4.78, 5) is 13.3.